The third kappa shape index (κ3) is 6.38. The lowest BCUT2D eigenvalue weighted by atomic mass is 9.88. The molecule has 158 valence electrons. The highest BCUT2D eigenvalue weighted by molar-refractivity contribution is 5.48. The van der Waals surface area contributed by atoms with Crippen LogP contribution in [-0.4, -0.2) is 48.4 Å². The third-order valence-corrected chi connectivity index (χ3v) is 5.73. The Balaban J connectivity index is 1.45. The second-order valence-electron chi connectivity index (χ2n) is 8.57. The van der Waals surface area contributed by atoms with Crippen molar-refractivity contribution in [2.75, 3.05) is 37.3 Å². The average molecular weight is 398 g/mol. The molecular weight excluding hydrogens is 362 g/mol. The Morgan fingerprint density at radius 3 is 2.28 bits per heavy atom. The number of aliphatic hydroxyl groups is 1. The number of likely N-dealkylation sites (tertiary alicyclic amines) is 1. The first-order valence-electron chi connectivity index (χ1n) is 10.6. The quantitative estimate of drug-likeness (QED) is 0.662. The van der Waals surface area contributed by atoms with E-state index in [9.17, 15) is 5.11 Å². The van der Waals surface area contributed by atoms with Gasteiger partial charge in [0.05, 0.1) is 11.7 Å². The molecule has 3 rings (SSSR count). The number of anilines is 2. The van der Waals surface area contributed by atoms with E-state index in [4.69, 9.17) is 10.5 Å². The summed E-state index contributed by atoms with van der Waals surface area (Å²) < 4.78 is 5.71. The number of hydrogen-bond donors (Lipinski definition) is 2. The maximum absolute atomic E-state index is 11.0. The van der Waals surface area contributed by atoms with Crippen LogP contribution in [0.2, 0.25) is 0 Å². The number of nitrogen functional groups attached to an aromatic ring is 1. The van der Waals surface area contributed by atoms with Crippen LogP contribution in [-0.2, 0) is 6.54 Å². The van der Waals surface area contributed by atoms with Crippen molar-refractivity contribution >= 4 is 11.4 Å². The van der Waals surface area contributed by atoms with Gasteiger partial charge in [0.1, 0.15) is 5.75 Å². The van der Waals surface area contributed by atoms with Gasteiger partial charge in [-0.15, -0.1) is 0 Å². The molecule has 1 saturated heterocycles. The van der Waals surface area contributed by atoms with Gasteiger partial charge in [0.25, 0.3) is 0 Å². The summed E-state index contributed by atoms with van der Waals surface area (Å²) in [6.45, 7) is 7.65. The normalized spacial score (nSPS) is 16.7. The number of nitrogens with zero attached hydrogens (tertiary/aromatic N) is 2. The fourth-order valence-electron chi connectivity index (χ4n) is 3.81. The van der Waals surface area contributed by atoms with E-state index in [-0.39, 0.29) is 6.10 Å². The van der Waals surface area contributed by atoms with E-state index in [1.165, 1.54) is 5.56 Å². The van der Waals surface area contributed by atoms with Crippen molar-refractivity contribution in [3.63, 3.8) is 0 Å². The topological polar surface area (TPSA) is 62.0 Å². The lowest BCUT2D eigenvalue weighted by Gasteiger charge is -2.39. The predicted molar refractivity (Wildman–Crippen MR) is 120 cm³/mol. The molecule has 0 bridgehead atoms. The smallest absolute Gasteiger partial charge is 0.119 e. The third-order valence-electron chi connectivity index (χ3n) is 5.73. The SMILES string of the molecule is CC(C)Oc1ccc(N(C)CCC2(O)CCN(Cc3ccc(N)cc3)CC2)cc1. The first-order valence-corrected chi connectivity index (χ1v) is 10.6. The highest BCUT2D eigenvalue weighted by Crippen LogP contribution is 2.28. The molecule has 0 radical (unpaired) electrons. The molecule has 0 spiro atoms. The van der Waals surface area contributed by atoms with E-state index in [2.05, 4.69) is 41.1 Å². The van der Waals surface area contributed by atoms with E-state index < -0.39 is 5.60 Å². The van der Waals surface area contributed by atoms with Crippen molar-refractivity contribution in [2.45, 2.75) is 51.4 Å². The molecule has 5 heteroatoms. The van der Waals surface area contributed by atoms with E-state index in [0.717, 1.165) is 62.6 Å². The lowest BCUT2D eigenvalue weighted by Crippen LogP contribution is -2.45. The van der Waals surface area contributed by atoms with E-state index in [0.29, 0.717) is 0 Å². The highest BCUT2D eigenvalue weighted by atomic mass is 16.5. The fourth-order valence-corrected chi connectivity index (χ4v) is 3.81. The number of ether oxygens (including phenoxy) is 1. The maximum Gasteiger partial charge on any atom is 0.119 e. The molecule has 0 aliphatic carbocycles. The van der Waals surface area contributed by atoms with Crippen LogP contribution in [0.1, 0.15) is 38.7 Å². The molecule has 1 aliphatic heterocycles. The number of rotatable bonds is 8. The van der Waals surface area contributed by atoms with E-state index in [1.54, 1.807) is 0 Å². The first-order chi connectivity index (χ1) is 13.8. The maximum atomic E-state index is 11.0. The van der Waals surface area contributed by atoms with Crippen molar-refractivity contribution in [3.05, 3.63) is 54.1 Å². The number of piperidine rings is 1. The van der Waals surface area contributed by atoms with Crippen molar-refractivity contribution in [1.29, 1.82) is 0 Å². The number of hydrogen-bond acceptors (Lipinski definition) is 5. The molecule has 0 saturated carbocycles. The van der Waals surface area contributed by atoms with Gasteiger partial charge in [-0.2, -0.15) is 0 Å². The van der Waals surface area contributed by atoms with Crippen molar-refractivity contribution in [2.24, 2.45) is 0 Å². The molecule has 3 N–H and O–H groups in total. The summed E-state index contributed by atoms with van der Waals surface area (Å²) in [5.74, 6) is 0.893. The zero-order valence-corrected chi connectivity index (χ0v) is 18.0. The molecule has 5 nitrogen and oxygen atoms in total. The number of nitrogens with two attached hydrogens (primary N) is 1. The lowest BCUT2D eigenvalue weighted by molar-refractivity contribution is -0.0275. The molecule has 29 heavy (non-hydrogen) atoms. The van der Waals surface area contributed by atoms with Crippen LogP contribution in [0, 0.1) is 0 Å². The summed E-state index contributed by atoms with van der Waals surface area (Å²) in [4.78, 5) is 4.62. The summed E-state index contributed by atoms with van der Waals surface area (Å²) in [6.07, 6.45) is 2.59. The summed E-state index contributed by atoms with van der Waals surface area (Å²) in [7, 11) is 2.08. The van der Waals surface area contributed by atoms with Crippen molar-refractivity contribution in [3.8, 4) is 5.75 Å². The van der Waals surface area contributed by atoms with Crippen molar-refractivity contribution < 1.29 is 9.84 Å². The first kappa shape index (κ1) is 21.5. The molecule has 0 amide bonds. The predicted octanol–water partition coefficient (Wildman–Crippen LogP) is 3.91. The zero-order chi connectivity index (χ0) is 20.9. The Hall–Kier alpha value is -2.24. The minimum absolute atomic E-state index is 0.179. The Bertz CT molecular complexity index is 751. The van der Waals surface area contributed by atoms with Gasteiger partial charge in [0, 0.05) is 44.6 Å². The van der Waals surface area contributed by atoms with Crippen LogP contribution in [0.5, 0.6) is 5.75 Å². The summed E-state index contributed by atoms with van der Waals surface area (Å²) in [5, 5.41) is 11.0. The molecule has 1 fully saturated rings. The minimum Gasteiger partial charge on any atom is -0.491 e. The van der Waals surface area contributed by atoms with Crippen LogP contribution in [0.15, 0.2) is 48.5 Å². The highest BCUT2D eigenvalue weighted by Gasteiger charge is 2.32. The number of benzene rings is 2. The minimum atomic E-state index is -0.577. The van der Waals surface area contributed by atoms with Gasteiger partial charge >= 0.3 is 0 Å². The Morgan fingerprint density at radius 1 is 1.07 bits per heavy atom. The fraction of sp³-hybridized carbons (Fsp3) is 0.500. The van der Waals surface area contributed by atoms with Crippen LogP contribution >= 0.6 is 0 Å². The average Bonchev–Trinajstić information content (AvgIpc) is 2.70. The Kier molecular flexibility index (Phi) is 7.04. The second kappa shape index (κ2) is 9.51. The van der Waals surface area contributed by atoms with Gasteiger partial charge in [0.15, 0.2) is 0 Å². The van der Waals surface area contributed by atoms with Gasteiger partial charge in [-0.05, 0) is 75.1 Å². The van der Waals surface area contributed by atoms with Gasteiger partial charge < -0.3 is 20.5 Å². The van der Waals surface area contributed by atoms with Crippen LogP contribution in [0.25, 0.3) is 0 Å². The molecule has 1 aliphatic rings. The van der Waals surface area contributed by atoms with Crippen LogP contribution in [0.4, 0.5) is 11.4 Å². The van der Waals surface area contributed by atoms with Gasteiger partial charge in [-0.3, -0.25) is 4.90 Å². The summed E-state index contributed by atoms with van der Waals surface area (Å²) in [6, 6.07) is 16.3. The van der Waals surface area contributed by atoms with Gasteiger partial charge in [0.2, 0.25) is 0 Å². The molecule has 2 aromatic rings. The van der Waals surface area contributed by atoms with Gasteiger partial charge in [-0.25, -0.2) is 0 Å². The van der Waals surface area contributed by atoms with Gasteiger partial charge in [-0.1, -0.05) is 12.1 Å². The molecule has 2 aromatic carbocycles. The second-order valence-corrected chi connectivity index (χ2v) is 8.57. The van der Waals surface area contributed by atoms with E-state index in [1.807, 2.05) is 38.1 Å². The monoisotopic (exact) mass is 397 g/mol. The standard InChI is InChI=1S/C24H35N3O2/c1-19(2)29-23-10-8-22(9-11-23)26(3)15-12-24(28)13-16-27(17-14-24)18-20-4-6-21(25)7-5-20/h4-11,19,28H,12-18,25H2,1-3H3. The molecule has 0 atom stereocenters. The molecule has 0 aromatic heterocycles. The molecule has 0 unspecified atom stereocenters. The molecular formula is C24H35N3O2. The van der Waals surface area contributed by atoms with Crippen LogP contribution in [0.3, 0.4) is 0 Å². The Labute approximate surface area is 175 Å². The largest absolute Gasteiger partial charge is 0.491 e. The Morgan fingerprint density at radius 2 is 1.69 bits per heavy atom. The van der Waals surface area contributed by atoms with Crippen molar-refractivity contribution in [1.82, 2.24) is 4.90 Å². The zero-order valence-electron chi connectivity index (χ0n) is 18.0. The molecule has 1 heterocycles. The summed E-state index contributed by atoms with van der Waals surface area (Å²) >= 11 is 0. The summed E-state index contributed by atoms with van der Waals surface area (Å²) in [5.41, 5.74) is 8.40. The van der Waals surface area contributed by atoms with E-state index >= 15 is 0 Å². The van der Waals surface area contributed by atoms with Crippen LogP contribution < -0.4 is 15.4 Å².